The summed E-state index contributed by atoms with van der Waals surface area (Å²) >= 11 is 0. The van der Waals surface area contributed by atoms with E-state index in [-0.39, 0.29) is 11.6 Å². The van der Waals surface area contributed by atoms with Crippen LogP contribution in [0.4, 0.5) is 5.69 Å². The van der Waals surface area contributed by atoms with Crippen LogP contribution in [0.3, 0.4) is 0 Å². The Hall–Kier alpha value is -4.06. The van der Waals surface area contributed by atoms with Gasteiger partial charge in [0.15, 0.2) is 0 Å². The topological polar surface area (TPSA) is 76.7 Å². The number of hydrogen-bond acceptors (Lipinski definition) is 4. The summed E-state index contributed by atoms with van der Waals surface area (Å²) in [6.45, 7) is 2.11. The predicted molar refractivity (Wildman–Crippen MR) is 121 cm³/mol. The summed E-state index contributed by atoms with van der Waals surface area (Å²) in [4.78, 5) is 24.3. The predicted octanol–water partition coefficient (Wildman–Crippen LogP) is 4.26. The van der Waals surface area contributed by atoms with Crippen LogP contribution < -0.4 is 20.1 Å². The Morgan fingerprint density at radius 2 is 1.42 bits per heavy atom. The standard InChI is InChI=1S/C25H24N2O4/c1-19(28)26-24(17-20-9-4-2-5-10-20)25(29)27-21-11-8-14-23(18-21)31-16-15-30-22-12-6-3-7-13-22/h2-14,17-18H,15-16H2,1H3,(H,26,28)(H,27,29)/b24-17-. The van der Waals surface area contributed by atoms with E-state index in [0.717, 1.165) is 11.3 Å². The number of anilines is 1. The molecule has 0 saturated carbocycles. The van der Waals surface area contributed by atoms with Crippen LogP contribution in [0.15, 0.2) is 90.6 Å². The summed E-state index contributed by atoms with van der Waals surface area (Å²) in [6.07, 6.45) is 1.62. The van der Waals surface area contributed by atoms with E-state index < -0.39 is 5.91 Å². The highest BCUT2D eigenvalue weighted by Crippen LogP contribution is 2.18. The van der Waals surface area contributed by atoms with Crippen molar-refractivity contribution < 1.29 is 19.1 Å². The lowest BCUT2D eigenvalue weighted by atomic mass is 10.2. The molecular formula is C25H24N2O4. The molecule has 6 nitrogen and oxygen atoms in total. The first kappa shape index (κ1) is 21.6. The number of ether oxygens (including phenoxy) is 2. The Morgan fingerprint density at radius 3 is 2.10 bits per heavy atom. The van der Waals surface area contributed by atoms with Crippen molar-refractivity contribution in [1.29, 1.82) is 0 Å². The van der Waals surface area contributed by atoms with Gasteiger partial charge in [0.05, 0.1) is 0 Å². The van der Waals surface area contributed by atoms with Gasteiger partial charge in [-0.25, -0.2) is 0 Å². The van der Waals surface area contributed by atoms with Crippen molar-refractivity contribution in [2.75, 3.05) is 18.5 Å². The smallest absolute Gasteiger partial charge is 0.272 e. The molecule has 0 aliphatic rings. The van der Waals surface area contributed by atoms with Crippen molar-refractivity contribution in [2.24, 2.45) is 0 Å². The van der Waals surface area contributed by atoms with E-state index in [1.54, 1.807) is 30.3 Å². The zero-order valence-corrected chi connectivity index (χ0v) is 17.2. The lowest BCUT2D eigenvalue weighted by Crippen LogP contribution is -2.28. The molecule has 6 heteroatoms. The highest BCUT2D eigenvalue weighted by atomic mass is 16.5. The molecule has 0 saturated heterocycles. The van der Waals surface area contributed by atoms with Crippen LogP contribution in [0, 0.1) is 0 Å². The molecule has 158 valence electrons. The minimum absolute atomic E-state index is 0.154. The molecule has 31 heavy (non-hydrogen) atoms. The second kappa shape index (κ2) is 11.2. The lowest BCUT2D eigenvalue weighted by molar-refractivity contribution is -0.120. The molecular weight excluding hydrogens is 392 g/mol. The molecule has 3 aromatic carbocycles. The molecule has 0 unspecified atom stereocenters. The molecule has 2 amide bonds. The molecule has 0 heterocycles. The summed E-state index contributed by atoms with van der Waals surface area (Å²) in [7, 11) is 0. The summed E-state index contributed by atoms with van der Waals surface area (Å²) in [5.41, 5.74) is 1.51. The van der Waals surface area contributed by atoms with E-state index in [4.69, 9.17) is 9.47 Å². The van der Waals surface area contributed by atoms with Crippen molar-refractivity contribution in [3.63, 3.8) is 0 Å². The van der Waals surface area contributed by atoms with Crippen LogP contribution in [0.2, 0.25) is 0 Å². The quantitative estimate of drug-likeness (QED) is 0.404. The van der Waals surface area contributed by atoms with Crippen molar-refractivity contribution in [3.8, 4) is 11.5 Å². The van der Waals surface area contributed by atoms with Crippen LogP contribution >= 0.6 is 0 Å². The fraction of sp³-hybridized carbons (Fsp3) is 0.120. The van der Waals surface area contributed by atoms with Crippen LogP contribution in [-0.2, 0) is 9.59 Å². The van der Waals surface area contributed by atoms with E-state index in [0.29, 0.717) is 24.7 Å². The SMILES string of the molecule is CC(=O)N/C(=C\c1ccccc1)C(=O)Nc1cccc(OCCOc2ccccc2)c1. The minimum Gasteiger partial charge on any atom is -0.490 e. The van der Waals surface area contributed by atoms with Crippen molar-refractivity contribution in [3.05, 3.63) is 96.2 Å². The number of nitrogens with one attached hydrogen (secondary N) is 2. The van der Waals surface area contributed by atoms with Crippen molar-refractivity contribution in [1.82, 2.24) is 5.32 Å². The van der Waals surface area contributed by atoms with Gasteiger partial charge in [0.2, 0.25) is 5.91 Å². The second-order valence-electron chi connectivity index (χ2n) is 6.64. The number of carbonyl (C=O) groups excluding carboxylic acids is 2. The van der Waals surface area contributed by atoms with Crippen molar-refractivity contribution >= 4 is 23.6 Å². The molecule has 3 rings (SSSR count). The normalized spacial score (nSPS) is 10.8. The van der Waals surface area contributed by atoms with Crippen LogP contribution in [0.1, 0.15) is 12.5 Å². The summed E-state index contributed by atoms with van der Waals surface area (Å²) in [5.74, 6) is 0.627. The van der Waals surface area contributed by atoms with Gasteiger partial charge in [0, 0.05) is 18.7 Å². The van der Waals surface area contributed by atoms with E-state index >= 15 is 0 Å². The summed E-state index contributed by atoms with van der Waals surface area (Å²) in [5, 5.41) is 5.37. The number of para-hydroxylation sites is 1. The molecule has 2 N–H and O–H groups in total. The minimum atomic E-state index is -0.427. The largest absolute Gasteiger partial charge is 0.490 e. The molecule has 0 radical (unpaired) electrons. The van der Waals surface area contributed by atoms with Gasteiger partial charge >= 0.3 is 0 Å². The Bertz CT molecular complexity index is 1030. The van der Waals surface area contributed by atoms with Gasteiger partial charge < -0.3 is 20.1 Å². The Kier molecular flexibility index (Phi) is 7.83. The number of rotatable bonds is 9. The zero-order chi connectivity index (χ0) is 21.9. The molecule has 0 bridgehead atoms. The molecule has 0 aliphatic carbocycles. The Labute approximate surface area is 181 Å². The average Bonchev–Trinajstić information content (AvgIpc) is 2.78. The van der Waals surface area contributed by atoms with Gasteiger partial charge in [0.25, 0.3) is 5.91 Å². The fourth-order valence-corrected chi connectivity index (χ4v) is 2.76. The van der Waals surface area contributed by atoms with Gasteiger partial charge in [-0.2, -0.15) is 0 Å². The maximum Gasteiger partial charge on any atom is 0.272 e. The second-order valence-corrected chi connectivity index (χ2v) is 6.64. The third-order valence-electron chi connectivity index (χ3n) is 4.12. The molecule has 0 aliphatic heterocycles. The third kappa shape index (κ3) is 7.36. The van der Waals surface area contributed by atoms with Crippen LogP contribution in [0.5, 0.6) is 11.5 Å². The van der Waals surface area contributed by atoms with Gasteiger partial charge in [-0.15, -0.1) is 0 Å². The van der Waals surface area contributed by atoms with E-state index in [2.05, 4.69) is 10.6 Å². The first-order chi connectivity index (χ1) is 15.1. The van der Waals surface area contributed by atoms with Gasteiger partial charge in [0.1, 0.15) is 30.4 Å². The van der Waals surface area contributed by atoms with Crippen molar-refractivity contribution in [2.45, 2.75) is 6.92 Å². The summed E-state index contributed by atoms with van der Waals surface area (Å²) < 4.78 is 11.3. The third-order valence-corrected chi connectivity index (χ3v) is 4.12. The number of carbonyl (C=O) groups is 2. The van der Waals surface area contributed by atoms with Gasteiger partial charge in [-0.3, -0.25) is 9.59 Å². The number of amides is 2. The van der Waals surface area contributed by atoms with Gasteiger partial charge in [-0.1, -0.05) is 54.6 Å². The zero-order valence-electron chi connectivity index (χ0n) is 17.2. The van der Waals surface area contributed by atoms with Crippen LogP contribution in [0.25, 0.3) is 6.08 Å². The Morgan fingerprint density at radius 1 is 0.806 bits per heavy atom. The molecule has 0 atom stereocenters. The van der Waals surface area contributed by atoms with E-state index in [9.17, 15) is 9.59 Å². The molecule has 3 aromatic rings. The monoisotopic (exact) mass is 416 g/mol. The van der Waals surface area contributed by atoms with E-state index in [1.807, 2.05) is 60.7 Å². The van der Waals surface area contributed by atoms with Crippen LogP contribution in [-0.4, -0.2) is 25.0 Å². The highest BCUT2D eigenvalue weighted by Gasteiger charge is 2.12. The van der Waals surface area contributed by atoms with E-state index in [1.165, 1.54) is 6.92 Å². The Balaban J connectivity index is 1.59. The first-order valence-electron chi connectivity index (χ1n) is 9.86. The molecule has 0 fully saturated rings. The fourth-order valence-electron chi connectivity index (χ4n) is 2.76. The summed E-state index contributed by atoms with van der Waals surface area (Å²) in [6, 6.07) is 25.8. The first-order valence-corrected chi connectivity index (χ1v) is 9.86. The maximum absolute atomic E-state index is 12.7. The number of hydrogen-bond donors (Lipinski definition) is 2. The highest BCUT2D eigenvalue weighted by molar-refractivity contribution is 6.08. The molecule has 0 spiro atoms. The maximum atomic E-state index is 12.7. The lowest BCUT2D eigenvalue weighted by Gasteiger charge is -2.12. The van der Waals surface area contributed by atoms with Gasteiger partial charge in [-0.05, 0) is 35.9 Å². The molecule has 0 aromatic heterocycles. The number of benzene rings is 3. The average molecular weight is 416 g/mol.